The minimum atomic E-state index is 0.521. The van der Waals surface area contributed by atoms with Gasteiger partial charge < -0.3 is 9.30 Å². The molecule has 6 heteroatoms. The van der Waals surface area contributed by atoms with Crippen molar-refractivity contribution >= 4 is 0 Å². The fourth-order valence-corrected chi connectivity index (χ4v) is 0.918. The second kappa shape index (κ2) is 5.69. The molecule has 1 aromatic rings. The maximum Gasteiger partial charge on any atom is 0.149 e. The minimum absolute atomic E-state index is 0.521. The molecule has 0 unspecified atom stereocenters. The third kappa shape index (κ3) is 3.06. The first-order chi connectivity index (χ1) is 6.75. The van der Waals surface area contributed by atoms with Gasteiger partial charge in [-0.05, 0) is 6.92 Å². The van der Waals surface area contributed by atoms with Crippen molar-refractivity contribution in [2.75, 3.05) is 20.3 Å². The van der Waals surface area contributed by atoms with E-state index in [0.29, 0.717) is 19.8 Å². The molecule has 0 aliphatic heterocycles. The van der Waals surface area contributed by atoms with Gasteiger partial charge >= 0.3 is 0 Å². The van der Waals surface area contributed by atoms with E-state index in [1.54, 1.807) is 7.11 Å². The number of aromatic nitrogens is 3. The number of hydrogen-bond donors (Lipinski definition) is 1. The molecule has 0 atom stereocenters. The minimum Gasteiger partial charge on any atom is -0.382 e. The molecule has 0 saturated heterocycles. The van der Waals surface area contributed by atoms with Crippen LogP contribution in [0.5, 0.6) is 0 Å². The van der Waals surface area contributed by atoms with Gasteiger partial charge in [0.2, 0.25) is 0 Å². The fraction of sp³-hybridized carbons (Fsp3) is 0.750. The average molecular weight is 200 g/mol. The lowest BCUT2D eigenvalue weighted by molar-refractivity contribution is 0.00211. The topological polar surface area (TPSA) is 61.2 Å². The predicted octanol–water partition coefficient (Wildman–Crippen LogP) is -0.209. The summed E-state index contributed by atoms with van der Waals surface area (Å²) in [5, 5.41) is 7.90. The van der Waals surface area contributed by atoms with Gasteiger partial charge in [0, 0.05) is 14.2 Å². The predicted molar refractivity (Wildman–Crippen MR) is 50.4 cm³/mol. The highest BCUT2D eigenvalue weighted by atomic mass is 16.7. The standard InChI is InChI=1S/C8H16N4O2/c1-7-10-11-8(12(7)2)6-9-14-5-4-13-3/h9H,4-6H2,1-3H3. The summed E-state index contributed by atoms with van der Waals surface area (Å²) in [6, 6.07) is 0. The van der Waals surface area contributed by atoms with E-state index >= 15 is 0 Å². The highest BCUT2D eigenvalue weighted by Crippen LogP contribution is 1.96. The second-order valence-corrected chi connectivity index (χ2v) is 2.88. The Labute approximate surface area is 83.2 Å². The first kappa shape index (κ1) is 11.1. The van der Waals surface area contributed by atoms with Crippen LogP contribution >= 0.6 is 0 Å². The van der Waals surface area contributed by atoms with Gasteiger partial charge in [0.25, 0.3) is 0 Å². The molecular formula is C8H16N4O2. The molecule has 1 heterocycles. The quantitative estimate of drug-likeness (QED) is 0.508. The maximum absolute atomic E-state index is 5.09. The van der Waals surface area contributed by atoms with E-state index in [1.807, 2.05) is 18.5 Å². The zero-order valence-corrected chi connectivity index (χ0v) is 8.78. The Morgan fingerprint density at radius 2 is 2.14 bits per heavy atom. The molecule has 0 aliphatic carbocycles. The van der Waals surface area contributed by atoms with Crippen LogP contribution in [-0.2, 0) is 23.2 Å². The van der Waals surface area contributed by atoms with E-state index in [9.17, 15) is 0 Å². The molecule has 0 aromatic carbocycles. The van der Waals surface area contributed by atoms with Crippen LogP contribution in [0.25, 0.3) is 0 Å². The lowest BCUT2D eigenvalue weighted by Gasteiger charge is -2.04. The van der Waals surface area contributed by atoms with E-state index in [1.165, 1.54) is 0 Å². The SMILES string of the molecule is COCCONCc1nnc(C)n1C. The Morgan fingerprint density at radius 1 is 1.36 bits per heavy atom. The van der Waals surface area contributed by atoms with Crippen LogP contribution in [-0.4, -0.2) is 35.1 Å². The monoisotopic (exact) mass is 200 g/mol. The van der Waals surface area contributed by atoms with Crippen LogP contribution in [0.2, 0.25) is 0 Å². The molecule has 80 valence electrons. The molecule has 0 bridgehead atoms. The Hall–Kier alpha value is -0.980. The summed E-state index contributed by atoms with van der Waals surface area (Å²) in [6.45, 7) is 3.54. The fourth-order valence-electron chi connectivity index (χ4n) is 0.918. The maximum atomic E-state index is 5.09. The van der Waals surface area contributed by atoms with E-state index in [-0.39, 0.29) is 0 Å². The van der Waals surface area contributed by atoms with Crippen LogP contribution in [0.4, 0.5) is 0 Å². The van der Waals surface area contributed by atoms with Crippen molar-refractivity contribution in [3.05, 3.63) is 11.6 Å². The number of hydroxylamine groups is 1. The normalized spacial score (nSPS) is 10.8. The van der Waals surface area contributed by atoms with Crippen LogP contribution in [0, 0.1) is 6.92 Å². The van der Waals surface area contributed by atoms with Gasteiger partial charge in [0.05, 0.1) is 19.8 Å². The number of nitrogens with zero attached hydrogens (tertiary/aromatic N) is 3. The molecule has 1 N–H and O–H groups in total. The number of rotatable bonds is 6. The van der Waals surface area contributed by atoms with Gasteiger partial charge in [-0.2, -0.15) is 5.48 Å². The van der Waals surface area contributed by atoms with Crippen LogP contribution in [0.1, 0.15) is 11.6 Å². The van der Waals surface area contributed by atoms with Gasteiger partial charge in [-0.15, -0.1) is 10.2 Å². The summed E-state index contributed by atoms with van der Waals surface area (Å²) < 4.78 is 6.73. The molecular weight excluding hydrogens is 184 g/mol. The average Bonchev–Trinajstić information content (AvgIpc) is 2.49. The van der Waals surface area contributed by atoms with E-state index in [0.717, 1.165) is 11.6 Å². The molecule has 0 amide bonds. The Balaban J connectivity index is 2.21. The summed E-state index contributed by atoms with van der Waals surface area (Å²) in [4.78, 5) is 5.09. The first-order valence-electron chi connectivity index (χ1n) is 4.44. The van der Waals surface area contributed by atoms with Crippen molar-refractivity contribution in [2.24, 2.45) is 7.05 Å². The lowest BCUT2D eigenvalue weighted by Crippen LogP contribution is -2.19. The van der Waals surface area contributed by atoms with Crippen molar-refractivity contribution in [2.45, 2.75) is 13.5 Å². The molecule has 1 rings (SSSR count). The number of nitrogens with one attached hydrogen (secondary N) is 1. The molecule has 14 heavy (non-hydrogen) atoms. The Bertz CT molecular complexity index is 274. The highest BCUT2D eigenvalue weighted by molar-refractivity contribution is 4.91. The lowest BCUT2D eigenvalue weighted by atomic mass is 10.6. The van der Waals surface area contributed by atoms with Crippen LogP contribution in [0.3, 0.4) is 0 Å². The zero-order valence-electron chi connectivity index (χ0n) is 8.78. The van der Waals surface area contributed by atoms with E-state index < -0.39 is 0 Å². The Kier molecular flexibility index (Phi) is 4.51. The van der Waals surface area contributed by atoms with Crippen molar-refractivity contribution in [1.29, 1.82) is 0 Å². The van der Waals surface area contributed by atoms with Crippen LogP contribution in [0.15, 0.2) is 0 Å². The zero-order chi connectivity index (χ0) is 10.4. The largest absolute Gasteiger partial charge is 0.382 e. The molecule has 0 saturated carbocycles. The number of hydrogen-bond acceptors (Lipinski definition) is 5. The van der Waals surface area contributed by atoms with Gasteiger partial charge in [-0.25, -0.2) is 0 Å². The van der Waals surface area contributed by atoms with Gasteiger partial charge in [0.1, 0.15) is 11.6 Å². The third-order valence-electron chi connectivity index (χ3n) is 1.90. The van der Waals surface area contributed by atoms with Gasteiger partial charge in [-0.1, -0.05) is 0 Å². The summed E-state index contributed by atoms with van der Waals surface area (Å²) in [6.07, 6.45) is 0. The molecule has 0 fully saturated rings. The molecule has 0 radical (unpaired) electrons. The summed E-state index contributed by atoms with van der Waals surface area (Å²) in [5.41, 5.74) is 2.79. The van der Waals surface area contributed by atoms with Crippen LogP contribution < -0.4 is 5.48 Å². The smallest absolute Gasteiger partial charge is 0.149 e. The van der Waals surface area contributed by atoms with Crippen molar-refractivity contribution in [3.63, 3.8) is 0 Å². The number of aryl methyl sites for hydroxylation is 1. The molecule has 6 nitrogen and oxygen atoms in total. The van der Waals surface area contributed by atoms with Gasteiger partial charge in [-0.3, -0.25) is 4.84 Å². The third-order valence-corrected chi connectivity index (χ3v) is 1.90. The van der Waals surface area contributed by atoms with Crippen molar-refractivity contribution < 1.29 is 9.57 Å². The van der Waals surface area contributed by atoms with E-state index in [4.69, 9.17) is 9.57 Å². The van der Waals surface area contributed by atoms with E-state index in [2.05, 4.69) is 15.7 Å². The molecule has 1 aromatic heterocycles. The first-order valence-corrected chi connectivity index (χ1v) is 4.44. The Morgan fingerprint density at radius 3 is 2.71 bits per heavy atom. The number of methoxy groups -OCH3 is 1. The summed E-state index contributed by atoms with van der Waals surface area (Å²) >= 11 is 0. The van der Waals surface area contributed by atoms with Gasteiger partial charge in [0.15, 0.2) is 0 Å². The summed E-state index contributed by atoms with van der Waals surface area (Å²) in [7, 11) is 3.55. The molecule has 0 aliphatic rings. The highest BCUT2D eigenvalue weighted by Gasteiger charge is 2.03. The second-order valence-electron chi connectivity index (χ2n) is 2.88. The molecule has 0 spiro atoms. The number of ether oxygens (including phenoxy) is 1. The summed E-state index contributed by atoms with van der Waals surface area (Å²) in [5.74, 6) is 1.73. The van der Waals surface area contributed by atoms with Crippen molar-refractivity contribution in [3.8, 4) is 0 Å². The van der Waals surface area contributed by atoms with Crippen molar-refractivity contribution in [1.82, 2.24) is 20.2 Å².